The summed E-state index contributed by atoms with van der Waals surface area (Å²) in [6.45, 7) is 2.94. The fraction of sp³-hybridized carbons (Fsp3) is 0.619. The SMILES string of the molecule is O=C(/N=C1\COCC[C@H]1N1CCCCC1)c1ccc(C(F)(F)F)cc1C1CC1. The maximum Gasteiger partial charge on any atom is 0.416 e. The molecule has 0 bridgehead atoms. The number of halogens is 3. The van der Waals surface area contributed by atoms with Crippen molar-refractivity contribution in [2.45, 2.75) is 56.7 Å². The predicted octanol–water partition coefficient (Wildman–Crippen LogP) is 4.44. The third kappa shape index (κ3) is 4.30. The molecule has 0 aromatic heterocycles. The van der Waals surface area contributed by atoms with Gasteiger partial charge in [0, 0.05) is 12.2 Å². The van der Waals surface area contributed by atoms with Crippen LogP contribution < -0.4 is 0 Å². The summed E-state index contributed by atoms with van der Waals surface area (Å²) in [4.78, 5) is 19.6. The van der Waals surface area contributed by atoms with Crippen molar-refractivity contribution in [2.24, 2.45) is 4.99 Å². The molecule has 1 aromatic carbocycles. The zero-order valence-electron chi connectivity index (χ0n) is 15.8. The Kier molecular flexibility index (Phi) is 5.56. The summed E-state index contributed by atoms with van der Waals surface area (Å²) in [6, 6.07) is 3.50. The van der Waals surface area contributed by atoms with Gasteiger partial charge in [-0.25, -0.2) is 4.99 Å². The number of benzene rings is 1. The van der Waals surface area contributed by atoms with E-state index in [0.717, 1.165) is 57.3 Å². The Morgan fingerprint density at radius 1 is 1.11 bits per heavy atom. The van der Waals surface area contributed by atoms with Gasteiger partial charge in [-0.15, -0.1) is 0 Å². The van der Waals surface area contributed by atoms with Gasteiger partial charge in [0.15, 0.2) is 0 Å². The van der Waals surface area contributed by atoms with Crippen LogP contribution in [0.4, 0.5) is 13.2 Å². The molecule has 1 aliphatic carbocycles. The van der Waals surface area contributed by atoms with Crippen molar-refractivity contribution in [3.63, 3.8) is 0 Å². The molecule has 4 rings (SSSR count). The molecule has 3 fully saturated rings. The highest BCUT2D eigenvalue weighted by Crippen LogP contribution is 2.44. The molecular formula is C21H25F3N2O2. The van der Waals surface area contributed by atoms with Gasteiger partial charge < -0.3 is 4.74 Å². The summed E-state index contributed by atoms with van der Waals surface area (Å²) in [5, 5.41) is 0. The van der Waals surface area contributed by atoms with E-state index in [1.165, 1.54) is 12.5 Å². The van der Waals surface area contributed by atoms with E-state index in [1.54, 1.807) is 0 Å². The molecule has 1 atom stereocenters. The van der Waals surface area contributed by atoms with E-state index in [0.29, 0.717) is 30.1 Å². The lowest BCUT2D eigenvalue weighted by molar-refractivity contribution is -0.137. The normalized spacial score (nSPS) is 25.8. The lowest BCUT2D eigenvalue weighted by atomic mass is 9.98. The number of alkyl halides is 3. The lowest BCUT2D eigenvalue weighted by Crippen LogP contribution is -2.48. The van der Waals surface area contributed by atoms with E-state index in [4.69, 9.17) is 4.74 Å². The van der Waals surface area contributed by atoms with Crippen molar-refractivity contribution in [1.82, 2.24) is 4.90 Å². The predicted molar refractivity (Wildman–Crippen MR) is 99.8 cm³/mol. The van der Waals surface area contributed by atoms with E-state index in [-0.39, 0.29) is 12.0 Å². The molecule has 7 heteroatoms. The summed E-state index contributed by atoms with van der Waals surface area (Å²) in [6.07, 6.45) is 1.53. The maximum atomic E-state index is 13.1. The van der Waals surface area contributed by atoms with Crippen LogP contribution in [0.2, 0.25) is 0 Å². The Bertz CT molecular complexity index is 765. The molecule has 4 nitrogen and oxygen atoms in total. The van der Waals surface area contributed by atoms with Crippen LogP contribution in [0.25, 0.3) is 0 Å². The van der Waals surface area contributed by atoms with Gasteiger partial charge in [-0.3, -0.25) is 9.69 Å². The molecule has 0 unspecified atom stereocenters. The van der Waals surface area contributed by atoms with E-state index in [2.05, 4.69) is 9.89 Å². The first-order chi connectivity index (χ1) is 13.4. The summed E-state index contributed by atoms with van der Waals surface area (Å²) < 4.78 is 44.8. The topological polar surface area (TPSA) is 41.9 Å². The van der Waals surface area contributed by atoms with Gasteiger partial charge in [-0.1, -0.05) is 6.42 Å². The van der Waals surface area contributed by atoms with Crippen molar-refractivity contribution in [1.29, 1.82) is 0 Å². The van der Waals surface area contributed by atoms with Crippen molar-refractivity contribution < 1.29 is 22.7 Å². The van der Waals surface area contributed by atoms with E-state index in [9.17, 15) is 18.0 Å². The van der Waals surface area contributed by atoms with Crippen molar-refractivity contribution in [2.75, 3.05) is 26.3 Å². The first-order valence-electron chi connectivity index (χ1n) is 10.1. The van der Waals surface area contributed by atoms with Crippen molar-refractivity contribution in [3.05, 3.63) is 34.9 Å². The molecular weight excluding hydrogens is 369 g/mol. The number of rotatable bonds is 3. The van der Waals surface area contributed by atoms with Gasteiger partial charge in [0.1, 0.15) is 0 Å². The van der Waals surface area contributed by atoms with Crippen LogP contribution in [0.5, 0.6) is 0 Å². The third-order valence-corrected chi connectivity index (χ3v) is 5.87. The monoisotopic (exact) mass is 394 g/mol. The second-order valence-electron chi connectivity index (χ2n) is 7.94. The molecule has 1 amide bonds. The third-order valence-electron chi connectivity index (χ3n) is 5.87. The van der Waals surface area contributed by atoms with Gasteiger partial charge in [0.2, 0.25) is 0 Å². The summed E-state index contributed by atoms with van der Waals surface area (Å²) in [7, 11) is 0. The zero-order valence-corrected chi connectivity index (χ0v) is 15.8. The maximum absolute atomic E-state index is 13.1. The molecule has 2 heterocycles. The average molecular weight is 394 g/mol. The largest absolute Gasteiger partial charge is 0.416 e. The standard InChI is InChI=1S/C21H25F3N2O2/c22-21(23,24)15-6-7-16(17(12-15)14-4-5-14)20(27)25-18-13-28-11-8-19(18)26-9-2-1-3-10-26/h6-7,12,14,19H,1-5,8-11,13H2/b25-18+/t19-/m1/s1. The molecule has 1 aromatic rings. The molecule has 0 spiro atoms. The molecule has 28 heavy (non-hydrogen) atoms. The Morgan fingerprint density at radius 3 is 2.54 bits per heavy atom. The minimum Gasteiger partial charge on any atom is -0.375 e. The molecule has 0 radical (unpaired) electrons. The number of hydrogen-bond acceptors (Lipinski definition) is 3. The Hall–Kier alpha value is -1.73. The summed E-state index contributed by atoms with van der Waals surface area (Å²) in [5.41, 5.74) is 0.784. The van der Waals surface area contributed by atoms with Crippen LogP contribution in [-0.4, -0.2) is 48.9 Å². The first-order valence-corrected chi connectivity index (χ1v) is 10.1. The molecule has 152 valence electrons. The molecule has 3 aliphatic rings. The number of nitrogens with zero attached hydrogens (tertiary/aromatic N) is 2. The van der Waals surface area contributed by atoms with Crippen LogP contribution in [-0.2, 0) is 10.9 Å². The Balaban J connectivity index is 1.61. The van der Waals surface area contributed by atoms with Crippen molar-refractivity contribution in [3.8, 4) is 0 Å². The highest BCUT2D eigenvalue weighted by Gasteiger charge is 2.35. The number of aliphatic imine (C=N–C) groups is 1. The van der Waals surface area contributed by atoms with E-state index in [1.807, 2.05) is 0 Å². The summed E-state index contributed by atoms with van der Waals surface area (Å²) >= 11 is 0. The Morgan fingerprint density at radius 2 is 1.86 bits per heavy atom. The van der Waals surface area contributed by atoms with Gasteiger partial charge in [-0.05, 0) is 74.9 Å². The number of carbonyl (C=O) groups is 1. The molecule has 2 aliphatic heterocycles. The van der Waals surface area contributed by atoms with Gasteiger partial charge in [0.25, 0.3) is 5.91 Å². The molecule has 2 saturated heterocycles. The fourth-order valence-electron chi connectivity index (χ4n) is 4.22. The van der Waals surface area contributed by atoms with Crippen LogP contribution in [0.3, 0.4) is 0 Å². The van der Waals surface area contributed by atoms with Crippen LogP contribution in [0.15, 0.2) is 23.2 Å². The lowest BCUT2D eigenvalue weighted by Gasteiger charge is -2.37. The van der Waals surface area contributed by atoms with E-state index < -0.39 is 17.6 Å². The minimum atomic E-state index is -4.41. The molecule has 1 saturated carbocycles. The Labute approximate surface area is 162 Å². The van der Waals surface area contributed by atoms with Crippen LogP contribution in [0.1, 0.15) is 65.9 Å². The summed E-state index contributed by atoms with van der Waals surface area (Å²) in [5.74, 6) is -0.417. The van der Waals surface area contributed by atoms with Gasteiger partial charge in [-0.2, -0.15) is 13.2 Å². The smallest absolute Gasteiger partial charge is 0.375 e. The first kappa shape index (κ1) is 19.6. The molecule has 0 N–H and O–H groups in total. The highest BCUT2D eigenvalue weighted by atomic mass is 19.4. The number of carbonyl (C=O) groups excluding carboxylic acids is 1. The minimum absolute atomic E-state index is 0.0296. The second kappa shape index (κ2) is 7.95. The van der Waals surface area contributed by atoms with Crippen molar-refractivity contribution >= 4 is 11.6 Å². The van der Waals surface area contributed by atoms with Crippen LogP contribution >= 0.6 is 0 Å². The zero-order chi connectivity index (χ0) is 19.7. The highest BCUT2D eigenvalue weighted by molar-refractivity contribution is 6.07. The second-order valence-corrected chi connectivity index (χ2v) is 7.94. The number of ether oxygens (including phenoxy) is 1. The number of hydrogen-bond donors (Lipinski definition) is 0. The van der Waals surface area contributed by atoms with Gasteiger partial charge in [0.05, 0.1) is 23.9 Å². The number of likely N-dealkylation sites (tertiary alicyclic amines) is 1. The number of piperidine rings is 1. The average Bonchev–Trinajstić information content (AvgIpc) is 3.53. The van der Waals surface area contributed by atoms with Crippen LogP contribution in [0, 0.1) is 0 Å². The quantitative estimate of drug-likeness (QED) is 0.761. The fourth-order valence-corrected chi connectivity index (χ4v) is 4.22. The number of amides is 1. The van der Waals surface area contributed by atoms with Gasteiger partial charge >= 0.3 is 6.18 Å². The van der Waals surface area contributed by atoms with E-state index >= 15 is 0 Å².